The van der Waals surface area contributed by atoms with Gasteiger partial charge in [0.05, 0.1) is 18.6 Å². The van der Waals surface area contributed by atoms with Crippen LogP contribution in [0.15, 0.2) is 40.6 Å². The van der Waals surface area contributed by atoms with Gasteiger partial charge in [-0.25, -0.2) is 15.0 Å². The van der Waals surface area contributed by atoms with Gasteiger partial charge in [-0.15, -0.1) is 11.3 Å². The number of nitrogens with one attached hydrogen (secondary N) is 1. The molecule has 0 radical (unpaired) electrons. The third-order valence-corrected chi connectivity index (χ3v) is 5.17. The normalized spacial score (nSPS) is 14.1. The smallest absolute Gasteiger partial charge is 0.185 e. The average Bonchev–Trinajstić information content (AvgIpc) is 3.29. The van der Waals surface area contributed by atoms with Crippen molar-refractivity contribution >= 4 is 23.5 Å². The predicted octanol–water partition coefficient (Wildman–Crippen LogP) is 3.28. The van der Waals surface area contributed by atoms with Gasteiger partial charge in [-0.2, -0.15) is 0 Å². The Morgan fingerprint density at radius 1 is 1.41 bits per heavy atom. The van der Waals surface area contributed by atoms with Crippen molar-refractivity contribution in [1.29, 1.82) is 0 Å². The van der Waals surface area contributed by atoms with Crippen LogP contribution < -0.4 is 10.5 Å². The summed E-state index contributed by atoms with van der Waals surface area (Å²) < 4.78 is 5.99. The van der Waals surface area contributed by atoms with E-state index in [2.05, 4.69) is 20.0 Å². The summed E-state index contributed by atoms with van der Waals surface area (Å²) in [5, 5.41) is 0.776. The average molecular weight is 380 g/mol. The highest BCUT2D eigenvalue weighted by Gasteiger charge is 2.22. The topological polar surface area (TPSA) is 102 Å². The van der Waals surface area contributed by atoms with Crippen LogP contribution in [0, 0.1) is 0 Å². The van der Waals surface area contributed by atoms with E-state index in [1.54, 1.807) is 23.7 Å². The maximum atomic E-state index is 5.99. The highest BCUT2D eigenvalue weighted by molar-refractivity contribution is 7.14. The van der Waals surface area contributed by atoms with E-state index in [-0.39, 0.29) is 6.04 Å². The molecule has 2 aromatic heterocycles. The quantitative estimate of drug-likeness (QED) is 0.538. The molecule has 0 unspecified atom stereocenters. The molecular weight excluding hydrogens is 360 g/mol. The second-order valence-corrected chi connectivity index (χ2v) is 7.45. The van der Waals surface area contributed by atoms with Crippen LogP contribution in [0.25, 0.3) is 22.6 Å². The molecule has 3 heterocycles. The van der Waals surface area contributed by atoms with Crippen LogP contribution in [0.2, 0.25) is 0 Å². The van der Waals surface area contributed by atoms with Crippen LogP contribution in [0.5, 0.6) is 5.75 Å². The van der Waals surface area contributed by atoms with Gasteiger partial charge < -0.3 is 15.5 Å². The number of benzene rings is 1. The fourth-order valence-corrected chi connectivity index (χ4v) is 3.95. The minimum atomic E-state index is 0.110. The first-order valence-electron chi connectivity index (χ1n) is 8.75. The van der Waals surface area contributed by atoms with Crippen molar-refractivity contribution in [2.75, 3.05) is 6.61 Å². The second kappa shape index (κ2) is 7.32. The maximum Gasteiger partial charge on any atom is 0.185 e. The van der Waals surface area contributed by atoms with Crippen molar-refractivity contribution in [3.05, 3.63) is 40.5 Å². The minimum Gasteiger partial charge on any atom is -0.492 e. The van der Waals surface area contributed by atoms with E-state index in [0.29, 0.717) is 12.4 Å². The number of aromatic amines is 1. The summed E-state index contributed by atoms with van der Waals surface area (Å²) in [6, 6.07) is 6.17. The summed E-state index contributed by atoms with van der Waals surface area (Å²) in [5.41, 5.74) is 8.38. The molecule has 3 N–H and O–H groups in total. The lowest BCUT2D eigenvalue weighted by molar-refractivity contribution is 0.327. The summed E-state index contributed by atoms with van der Waals surface area (Å²) in [6.07, 6.45) is 5.60. The molecule has 27 heavy (non-hydrogen) atoms. The molecule has 1 aromatic carbocycles. The molecule has 4 rings (SSSR count). The summed E-state index contributed by atoms with van der Waals surface area (Å²) in [5.74, 6) is 2.19. The largest absolute Gasteiger partial charge is 0.492 e. The molecule has 138 valence electrons. The van der Waals surface area contributed by atoms with Gasteiger partial charge in [0.2, 0.25) is 0 Å². The zero-order valence-electron chi connectivity index (χ0n) is 15.1. The molecule has 0 saturated carbocycles. The number of nitrogens with zero attached hydrogens (tertiary/aromatic N) is 4. The van der Waals surface area contributed by atoms with Crippen LogP contribution >= 0.6 is 11.3 Å². The Hall–Kier alpha value is -3.00. The molecule has 1 aliphatic rings. The number of hydrogen-bond acceptors (Lipinski definition) is 5. The number of imidazole rings is 1. The lowest BCUT2D eigenvalue weighted by atomic mass is 10.1. The Bertz CT molecular complexity index is 1000. The van der Waals surface area contributed by atoms with Crippen LogP contribution in [-0.2, 0) is 6.42 Å². The fraction of sp³-hybridized carbons (Fsp3) is 0.263. The summed E-state index contributed by atoms with van der Waals surface area (Å²) >= 11 is 1.59. The van der Waals surface area contributed by atoms with Gasteiger partial charge in [-0.05, 0) is 26.0 Å². The van der Waals surface area contributed by atoms with Crippen molar-refractivity contribution in [1.82, 2.24) is 15.0 Å². The number of amidine groups is 1. The number of fused-ring (bicyclic) bond motifs is 3. The number of aromatic nitrogens is 3. The van der Waals surface area contributed by atoms with Crippen molar-refractivity contribution in [3.8, 4) is 28.4 Å². The van der Waals surface area contributed by atoms with E-state index >= 15 is 0 Å². The molecule has 3 aromatic rings. The Balaban J connectivity index is 1.78. The summed E-state index contributed by atoms with van der Waals surface area (Å²) in [6.45, 7) is 4.61. The predicted molar refractivity (Wildman–Crippen MR) is 109 cm³/mol. The minimum absolute atomic E-state index is 0.110. The van der Waals surface area contributed by atoms with Gasteiger partial charge in [0.15, 0.2) is 10.8 Å². The van der Waals surface area contributed by atoms with Crippen LogP contribution in [-0.4, -0.2) is 39.8 Å². The highest BCUT2D eigenvalue weighted by atomic mass is 32.1. The fourth-order valence-electron chi connectivity index (χ4n) is 2.95. The van der Waals surface area contributed by atoms with E-state index in [9.17, 15) is 0 Å². The van der Waals surface area contributed by atoms with Crippen LogP contribution in [0.1, 0.15) is 23.7 Å². The number of aliphatic imine (C=N–C) groups is 2. The number of hydrogen-bond donors (Lipinski definition) is 2. The van der Waals surface area contributed by atoms with E-state index < -0.39 is 0 Å². The van der Waals surface area contributed by atoms with E-state index in [0.717, 1.165) is 44.7 Å². The zero-order valence-corrected chi connectivity index (χ0v) is 16.0. The van der Waals surface area contributed by atoms with Gasteiger partial charge in [0, 0.05) is 40.9 Å². The van der Waals surface area contributed by atoms with Gasteiger partial charge in [0.1, 0.15) is 11.6 Å². The van der Waals surface area contributed by atoms with Crippen molar-refractivity contribution in [2.45, 2.75) is 26.3 Å². The van der Waals surface area contributed by atoms with Crippen LogP contribution in [0.3, 0.4) is 0 Å². The SMILES string of the molecule is CC(C)N=C(N=CN)c1nc2c(s1)CCOc1cc(-c3ncc[nH]3)ccc1-2. The van der Waals surface area contributed by atoms with Gasteiger partial charge in [-0.1, -0.05) is 6.07 Å². The number of rotatable bonds is 3. The lowest BCUT2D eigenvalue weighted by Crippen LogP contribution is -2.05. The van der Waals surface area contributed by atoms with E-state index in [1.807, 2.05) is 32.0 Å². The van der Waals surface area contributed by atoms with Crippen molar-refractivity contribution in [3.63, 3.8) is 0 Å². The lowest BCUT2D eigenvalue weighted by Gasteiger charge is -2.08. The number of ether oxygens (including phenoxy) is 1. The third kappa shape index (κ3) is 3.48. The van der Waals surface area contributed by atoms with Crippen LogP contribution in [0.4, 0.5) is 0 Å². The molecule has 0 atom stereocenters. The standard InChI is InChI=1S/C19H20N6OS/c1-11(2)24-18(23-10-20)19-25-16-13-4-3-12(17-21-6-7-22-17)9-14(13)26-8-5-15(16)27-19/h3-4,6-7,9-11H,5,8H2,1-2H3,(H,21,22)(H2,20,23,24). The summed E-state index contributed by atoms with van der Waals surface area (Å²) in [7, 11) is 0. The molecule has 1 aliphatic heterocycles. The Labute approximate surface area is 161 Å². The molecule has 0 aliphatic carbocycles. The molecule has 0 saturated heterocycles. The molecule has 0 spiro atoms. The summed E-state index contributed by atoms with van der Waals surface area (Å²) in [4.78, 5) is 22.2. The molecule has 0 amide bonds. The Kier molecular flexibility index (Phi) is 4.72. The second-order valence-electron chi connectivity index (χ2n) is 6.36. The number of thiazole rings is 1. The first kappa shape index (κ1) is 17.4. The maximum absolute atomic E-state index is 5.99. The molecule has 0 bridgehead atoms. The Morgan fingerprint density at radius 2 is 2.30 bits per heavy atom. The van der Waals surface area contributed by atoms with Crippen molar-refractivity contribution < 1.29 is 4.74 Å². The number of H-pyrrole nitrogens is 1. The zero-order chi connectivity index (χ0) is 18.8. The first-order valence-corrected chi connectivity index (χ1v) is 9.56. The molecule has 0 fully saturated rings. The Morgan fingerprint density at radius 3 is 3.04 bits per heavy atom. The van der Waals surface area contributed by atoms with Gasteiger partial charge in [0.25, 0.3) is 0 Å². The number of nitrogens with two attached hydrogens (primary N) is 1. The molecule has 7 nitrogen and oxygen atoms in total. The third-order valence-electron chi connectivity index (χ3n) is 4.06. The monoisotopic (exact) mass is 380 g/mol. The highest BCUT2D eigenvalue weighted by Crippen LogP contribution is 2.39. The van der Waals surface area contributed by atoms with E-state index in [4.69, 9.17) is 15.5 Å². The van der Waals surface area contributed by atoms with Gasteiger partial charge in [-0.3, -0.25) is 4.99 Å². The molecule has 8 heteroatoms. The first-order chi connectivity index (χ1) is 13.2. The van der Waals surface area contributed by atoms with E-state index in [1.165, 1.54) is 6.34 Å². The molecular formula is C19H20N6OS. The van der Waals surface area contributed by atoms with Gasteiger partial charge >= 0.3 is 0 Å². The van der Waals surface area contributed by atoms with Crippen molar-refractivity contribution in [2.24, 2.45) is 15.7 Å².